The molecule has 304 valence electrons. The van der Waals surface area contributed by atoms with Crippen molar-refractivity contribution >= 4 is 22.4 Å². The van der Waals surface area contributed by atoms with E-state index in [-0.39, 0.29) is 37.1 Å². The molecule has 0 radical (unpaired) electrons. The molecule has 0 bridgehead atoms. The second kappa shape index (κ2) is 18.8. The third kappa shape index (κ3) is 10.5. The fourth-order valence-electron chi connectivity index (χ4n) is 7.14. The average molecular weight is 805 g/mol. The zero-order valence-electron chi connectivity index (χ0n) is 33.6. The quantitative estimate of drug-likeness (QED) is 0.0886. The van der Waals surface area contributed by atoms with Crippen LogP contribution in [0, 0.1) is 0 Å². The SMILES string of the molecule is CC1(C)OB(c2ccc(S(=O)(=O)C[C@@H]3OC(COCc4ccccc4)[C@@H](OCc4ccccc4)C(OCc4ccccc4)C3OCc3ccccc3)cc2)OC1(C)C. The highest BCUT2D eigenvalue weighted by Crippen LogP contribution is 2.37. The van der Waals surface area contributed by atoms with Crippen molar-refractivity contribution in [1.82, 2.24) is 0 Å². The van der Waals surface area contributed by atoms with Crippen molar-refractivity contribution < 1.29 is 41.4 Å². The lowest BCUT2D eigenvalue weighted by Crippen LogP contribution is -2.62. The van der Waals surface area contributed by atoms with Gasteiger partial charge in [-0.15, -0.1) is 0 Å². The minimum atomic E-state index is -3.94. The van der Waals surface area contributed by atoms with E-state index in [4.69, 9.17) is 33.0 Å². The molecule has 2 aliphatic heterocycles. The third-order valence-corrected chi connectivity index (χ3v) is 12.9. The maximum absolute atomic E-state index is 14.4. The van der Waals surface area contributed by atoms with Crippen LogP contribution in [-0.2, 0) is 69.3 Å². The number of ether oxygens (including phenoxy) is 5. The fourth-order valence-corrected chi connectivity index (χ4v) is 8.59. The van der Waals surface area contributed by atoms with Crippen molar-refractivity contribution in [3.8, 4) is 0 Å². The predicted molar refractivity (Wildman–Crippen MR) is 224 cm³/mol. The summed E-state index contributed by atoms with van der Waals surface area (Å²) in [6.45, 7) is 9.15. The third-order valence-electron chi connectivity index (χ3n) is 11.1. The van der Waals surface area contributed by atoms with Gasteiger partial charge in [0.2, 0.25) is 0 Å². The Hall–Kier alpha value is -4.17. The van der Waals surface area contributed by atoms with Gasteiger partial charge < -0.3 is 33.0 Å². The van der Waals surface area contributed by atoms with Crippen molar-refractivity contribution in [2.45, 2.75) is 101 Å². The Morgan fingerprint density at radius 2 is 0.914 bits per heavy atom. The van der Waals surface area contributed by atoms with Gasteiger partial charge in [-0.3, -0.25) is 0 Å². The van der Waals surface area contributed by atoms with Crippen LogP contribution < -0.4 is 5.46 Å². The van der Waals surface area contributed by atoms with Crippen LogP contribution in [-0.4, -0.2) is 69.6 Å². The summed E-state index contributed by atoms with van der Waals surface area (Å²) >= 11 is 0. The van der Waals surface area contributed by atoms with Gasteiger partial charge in [0.25, 0.3) is 0 Å². The van der Waals surface area contributed by atoms with E-state index >= 15 is 0 Å². The number of benzene rings is 5. The highest BCUT2D eigenvalue weighted by molar-refractivity contribution is 7.91. The number of rotatable bonds is 17. The van der Waals surface area contributed by atoms with Gasteiger partial charge in [-0.25, -0.2) is 8.42 Å². The molecule has 5 atom stereocenters. The molecule has 0 aromatic heterocycles. The van der Waals surface area contributed by atoms with Gasteiger partial charge in [0, 0.05) is 0 Å². The smallest absolute Gasteiger partial charge is 0.399 e. The predicted octanol–water partition coefficient (Wildman–Crippen LogP) is 7.50. The summed E-state index contributed by atoms with van der Waals surface area (Å²) in [7, 11) is -4.56. The van der Waals surface area contributed by atoms with Crippen molar-refractivity contribution in [3.63, 3.8) is 0 Å². The molecule has 2 heterocycles. The first-order valence-corrected chi connectivity index (χ1v) is 21.5. The lowest BCUT2D eigenvalue weighted by Gasteiger charge is -2.46. The molecule has 0 aliphatic carbocycles. The largest absolute Gasteiger partial charge is 0.494 e. The first kappa shape index (κ1) is 42.0. The average Bonchev–Trinajstić information content (AvgIpc) is 3.46. The summed E-state index contributed by atoms with van der Waals surface area (Å²) in [5, 5.41) is 0. The molecule has 5 aromatic rings. The standard InChI is InChI=1S/C47H53BO9S/c1-46(2)47(3,4)57-48(56-46)39-25-27-40(28-26-39)58(49,50)34-42-44(53-31-37-21-13-7-14-22-37)45(54-32-38-23-15-8-16-24-38)43(52-30-36-19-11-6-12-20-36)41(55-42)33-51-29-35-17-9-5-10-18-35/h5-28,41-45H,29-34H2,1-4H3/t41?,42-,43+,44?,45?/m0/s1. The van der Waals surface area contributed by atoms with E-state index in [1.165, 1.54) is 0 Å². The minimum Gasteiger partial charge on any atom is -0.399 e. The van der Waals surface area contributed by atoms with Crippen LogP contribution in [0.3, 0.4) is 0 Å². The molecule has 7 rings (SSSR count). The van der Waals surface area contributed by atoms with Crippen molar-refractivity contribution in [2.24, 2.45) is 0 Å². The van der Waals surface area contributed by atoms with E-state index in [1.54, 1.807) is 24.3 Å². The number of hydrogen-bond donors (Lipinski definition) is 0. The lowest BCUT2D eigenvalue weighted by molar-refractivity contribution is -0.268. The van der Waals surface area contributed by atoms with Crippen molar-refractivity contribution in [3.05, 3.63) is 168 Å². The molecule has 2 fully saturated rings. The second-order valence-electron chi connectivity index (χ2n) is 15.9. The van der Waals surface area contributed by atoms with Gasteiger partial charge in [-0.1, -0.05) is 133 Å². The number of hydrogen-bond acceptors (Lipinski definition) is 9. The van der Waals surface area contributed by atoms with E-state index in [0.29, 0.717) is 6.61 Å². The topological polar surface area (TPSA) is 98.8 Å². The first-order valence-electron chi connectivity index (χ1n) is 19.9. The van der Waals surface area contributed by atoms with E-state index in [1.807, 2.05) is 149 Å². The Bertz CT molecular complexity index is 2100. The van der Waals surface area contributed by atoms with Gasteiger partial charge in [-0.05, 0) is 67.5 Å². The minimum absolute atomic E-state index is 0.129. The molecule has 0 N–H and O–H groups in total. The molecule has 9 nitrogen and oxygen atoms in total. The van der Waals surface area contributed by atoms with Crippen LogP contribution in [0.2, 0.25) is 0 Å². The summed E-state index contributed by atoms with van der Waals surface area (Å²) in [4.78, 5) is 0.152. The molecule has 2 saturated heterocycles. The molecule has 0 saturated carbocycles. The zero-order valence-corrected chi connectivity index (χ0v) is 34.5. The lowest BCUT2D eigenvalue weighted by atomic mass is 9.79. The summed E-state index contributed by atoms with van der Waals surface area (Å²) in [5.41, 5.74) is 3.55. The Balaban J connectivity index is 1.20. The Kier molecular flexibility index (Phi) is 13.6. The Morgan fingerprint density at radius 1 is 0.517 bits per heavy atom. The van der Waals surface area contributed by atoms with Gasteiger partial charge in [0.05, 0.1) is 54.9 Å². The molecule has 0 spiro atoms. The maximum atomic E-state index is 14.4. The normalized spacial score (nSPS) is 22.8. The number of sulfone groups is 1. The first-order chi connectivity index (χ1) is 28.0. The maximum Gasteiger partial charge on any atom is 0.494 e. The highest BCUT2D eigenvalue weighted by atomic mass is 32.2. The van der Waals surface area contributed by atoms with E-state index in [2.05, 4.69) is 0 Å². The molecule has 0 amide bonds. The molecule has 3 unspecified atom stereocenters. The Labute approximate surface area is 343 Å². The molecule has 5 aromatic carbocycles. The summed E-state index contributed by atoms with van der Waals surface area (Å²) in [5.74, 6) is -0.367. The summed E-state index contributed by atoms with van der Waals surface area (Å²) in [6.07, 6.45) is -3.90. The van der Waals surface area contributed by atoms with Crippen molar-refractivity contribution in [1.29, 1.82) is 0 Å². The van der Waals surface area contributed by atoms with Crippen LogP contribution in [0.15, 0.2) is 150 Å². The molecular formula is C47H53BO9S. The van der Waals surface area contributed by atoms with E-state index in [0.717, 1.165) is 27.7 Å². The molecule has 58 heavy (non-hydrogen) atoms. The Morgan fingerprint density at radius 3 is 1.36 bits per heavy atom. The van der Waals surface area contributed by atoms with Crippen LogP contribution >= 0.6 is 0 Å². The molecular weight excluding hydrogens is 751 g/mol. The highest BCUT2D eigenvalue weighted by Gasteiger charge is 2.52. The van der Waals surface area contributed by atoms with E-state index < -0.39 is 58.7 Å². The van der Waals surface area contributed by atoms with Crippen LogP contribution in [0.4, 0.5) is 0 Å². The second-order valence-corrected chi connectivity index (χ2v) is 18.0. The monoisotopic (exact) mass is 804 g/mol. The van der Waals surface area contributed by atoms with Gasteiger partial charge in [0.15, 0.2) is 9.84 Å². The van der Waals surface area contributed by atoms with Crippen LogP contribution in [0.1, 0.15) is 49.9 Å². The van der Waals surface area contributed by atoms with Gasteiger partial charge >= 0.3 is 7.12 Å². The van der Waals surface area contributed by atoms with Gasteiger partial charge in [-0.2, -0.15) is 0 Å². The van der Waals surface area contributed by atoms with E-state index in [9.17, 15) is 8.42 Å². The zero-order chi connectivity index (χ0) is 40.6. The molecule has 11 heteroatoms. The summed E-state index contributed by atoms with van der Waals surface area (Å²) < 4.78 is 74.8. The van der Waals surface area contributed by atoms with Crippen LogP contribution in [0.25, 0.3) is 0 Å². The fraction of sp³-hybridized carbons (Fsp3) is 0.362. The molecule has 2 aliphatic rings. The van der Waals surface area contributed by atoms with Crippen molar-refractivity contribution in [2.75, 3.05) is 12.4 Å². The summed E-state index contributed by atoms with van der Waals surface area (Å²) in [6, 6.07) is 46.1. The van der Waals surface area contributed by atoms with Gasteiger partial charge in [0.1, 0.15) is 30.5 Å². The van der Waals surface area contributed by atoms with Crippen LogP contribution in [0.5, 0.6) is 0 Å².